The van der Waals surface area contributed by atoms with Crippen LogP contribution in [0, 0.1) is 0 Å². The van der Waals surface area contributed by atoms with Crippen LogP contribution >= 0.6 is 0 Å². The molecule has 0 saturated carbocycles. The molecule has 0 radical (unpaired) electrons. The summed E-state index contributed by atoms with van der Waals surface area (Å²) in [6.45, 7) is 4.04. The zero-order chi connectivity index (χ0) is 13.9. The fraction of sp³-hybridized carbons (Fsp3) is 0.333. The minimum Gasteiger partial charge on any atom is -0.384 e. The molecular weight excluding hydrogens is 250 g/mol. The van der Waals surface area contributed by atoms with Crippen molar-refractivity contribution in [1.82, 2.24) is 14.9 Å². The lowest BCUT2D eigenvalue weighted by molar-refractivity contribution is 0.312. The third-order valence-corrected chi connectivity index (χ3v) is 3.59. The predicted molar refractivity (Wildman–Crippen MR) is 81.6 cm³/mol. The second-order valence-electron chi connectivity index (χ2n) is 5.13. The first-order valence-electron chi connectivity index (χ1n) is 6.86. The van der Waals surface area contributed by atoms with Gasteiger partial charge in [0.25, 0.3) is 0 Å². The van der Waals surface area contributed by atoms with Gasteiger partial charge in [0.2, 0.25) is 0 Å². The molecule has 5 heteroatoms. The molecule has 0 unspecified atom stereocenters. The van der Waals surface area contributed by atoms with E-state index in [1.54, 1.807) is 0 Å². The van der Waals surface area contributed by atoms with E-state index < -0.39 is 0 Å². The normalized spacial score (nSPS) is 16.4. The third-order valence-electron chi connectivity index (χ3n) is 3.59. The van der Waals surface area contributed by atoms with Crippen LogP contribution in [0.5, 0.6) is 0 Å². The highest BCUT2D eigenvalue weighted by Gasteiger charge is 2.17. The average molecular weight is 269 g/mol. The monoisotopic (exact) mass is 269 g/mol. The second-order valence-corrected chi connectivity index (χ2v) is 5.13. The summed E-state index contributed by atoms with van der Waals surface area (Å²) in [5, 5.41) is 0. The minimum absolute atomic E-state index is 0.521. The molecule has 0 atom stereocenters. The summed E-state index contributed by atoms with van der Waals surface area (Å²) in [4.78, 5) is 13.6. The van der Waals surface area contributed by atoms with Crippen molar-refractivity contribution >= 4 is 11.6 Å². The molecule has 3 rings (SSSR count). The maximum absolute atomic E-state index is 5.94. The van der Waals surface area contributed by atoms with Crippen LogP contribution in [0.2, 0.25) is 0 Å². The Balaban J connectivity index is 1.91. The molecule has 1 aliphatic rings. The summed E-state index contributed by atoms with van der Waals surface area (Å²) in [7, 11) is 2.14. The molecule has 104 valence electrons. The van der Waals surface area contributed by atoms with Gasteiger partial charge in [-0.2, -0.15) is 0 Å². The Morgan fingerprint density at radius 1 is 1.00 bits per heavy atom. The van der Waals surface area contributed by atoms with Gasteiger partial charge in [-0.15, -0.1) is 0 Å². The molecule has 20 heavy (non-hydrogen) atoms. The maximum Gasteiger partial charge on any atom is 0.163 e. The van der Waals surface area contributed by atoms with Crippen molar-refractivity contribution in [2.24, 2.45) is 0 Å². The first-order chi connectivity index (χ1) is 9.72. The molecule has 1 aromatic heterocycles. The number of nitrogen functional groups attached to an aromatic ring is 1. The fourth-order valence-electron chi connectivity index (χ4n) is 2.37. The van der Waals surface area contributed by atoms with E-state index >= 15 is 0 Å². The van der Waals surface area contributed by atoms with Gasteiger partial charge in [0.15, 0.2) is 5.82 Å². The summed E-state index contributed by atoms with van der Waals surface area (Å²) in [5.74, 6) is 2.14. The average Bonchev–Trinajstić information content (AvgIpc) is 2.48. The van der Waals surface area contributed by atoms with Gasteiger partial charge >= 0.3 is 0 Å². The number of anilines is 2. The van der Waals surface area contributed by atoms with Crippen molar-refractivity contribution < 1.29 is 0 Å². The van der Waals surface area contributed by atoms with Crippen molar-refractivity contribution in [2.75, 3.05) is 43.9 Å². The Morgan fingerprint density at radius 3 is 2.40 bits per heavy atom. The molecule has 1 saturated heterocycles. The lowest BCUT2D eigenvalue weighted by Gasteiger charge is -2.33. The van der Waals surface area contributed by atoms with Crippen molar-refractivity contribution in [2.45, 2.75) is 0 Å². The highest BCUT2D eigenvalue weighted by molar-refractivity contribution is 5.60. The third kappa shape index (κ3) is 2.72. The Kier molecular flexibility index (Phi) is 3.52. The number of benzene rings is 1. The molecular formula is C15H19N5. The van der Waals surface area contributed by atoms with Crippen molar-refractivity contribution in [3.8, 4) is 11.4 Å². The summed E-state index contributed by atoms with van der Waals surface area (Å²) in [6.07, 6.45) is 0. The van der Waals surface area contributed by atoms with Gasteiger partial charge in [-0.25, -0.2) is 9.97 Å². The lowest BCUT2D eigenvalue weighted by Crippen LogP contribution is -2.44. The molecule has 0 bridgehead atoms. The van der Waals surface area contributed by atoms with Gasteiger partial charge < -0.3 is 15.5 Å². The van der Waals surface area contributed by atoms with Gasteiger partial charge in [-0.3, -0.25) is 0 Å². The molecule has 0 amide bonds. The number of likely N-dealkylation sites (N-methyl/N-ethyl adjacent to an activating group) is 1. The molecule has 2 heterocycles. The van der Waals surface area contributed by atoms with E-state index in [0.29, 0.717) is 11.6 Å². The zero-order valence-electron chi connectivity index (χ0n) is 11.7. The molecule has 1 aromatic carbocycles. The van der Waals surface area contributed by atoms with Crippen molar-refractivity contribution in [1.29, 1.82) is 0 Å². The molecule has 0 aliphatic carbocycles. The fourth-order valence-corrected chi connectivity index (χ4v) is 2.37. The molecule has 1 fully saturated rings. The first kappa shape index (κ1) is 12.9. The molecule has 2 N–H and O–H groups in total. The highest BCUT2D eigenvalue weighted by atomic mass is 15.3. The predicted octanol–water partition coefficient (Wildman–Crippen LogP) is 1.48. The van der Waals surface area contributed by atoms with E-state index in [0.717, 1.165) is 37.6 Å². The second kappa shape index (κ2) is 5.46. The van der Waals surface area contributed by atoms with Crippen LogP contribution in [0.1, 0.15) is 0 Å². The molecule has 0 spiro atoms. The Morgan fingerprint density at radius 2 is 1.70 bits per heavy atom. The number of rotatable bonds is 2. The largest absolute Gasteiger partial charge is 0.384 e. The summed E-state index contributed by atoms with van der Waals surface area (Å²) >= 11 is 0. The summed E-state index contributed by atoms with van der Waals surface area (Å²) in [6, 6.07) is 11.8. The van der Waals surface area contributed by atoms with Crippen molar-refractivity contribution in [3.63, 3.8) is 0 Å². The number of nitrogens with zero attached hydrogens (tertiary/aromatic N) is 4. The van der Waals surface area contributed by atoms with E-state index in [4.69, 9.17) is 5.73 Å². The van der Waals surface area contributed by atoms with Gasteiger partial charge in [0, 0.05) is 37.8 Å². The van der Waals surface area contributed by atoms with Crippen LogP contribution in [0.3, 0.4) is 0 Å². The van der Waals surface area contributed by atoms with Crippen molar-refractivity contribution in [3.05, 3.63) is 36.4 Å². The smallest absolute Gasteiger partial charge is 0.163 e. The number of hydrogen-bond donors (Lipinski definition) is 1. The Hall–Kier alpha value is -2.14. The summed E-state index contributed by atoms with van der Waals surface area (Å²) in [5.41, 5.74) is 6.94. The Labute approximate surface area is 119 Å². The number of piperazine rings is 1. The van der Waals surface area contributed by atoms with Crippen LogP contribution < -0.4 is 10.6 Å². The molecule has 2 aromatic rings. The quantitative estimate of drug-likeness (QED) is 0.895. The number of hydrogen-bond acceptors (Lipinski definition) is 5. The van der Waals surface area contributed by atoms with Crippen LogP contribution in [0.4, 0.5) is 11.6 Å². The molecule has 1 aliphatic heterocycles. The highest BCUT2D eigenvalue weighted by Crippen LogP contribution is 2.21. The van der Waals surface area contributed by atoms with E-state index in [-0.39, 0.29) is 0 Å². The van der Waals surface area contributed by atoms with E-state index in [9.17, 15) is 0 Å². The summed E-state index contributed by atoms with van der Waals surface area (Å²) < 4.78 is 0. The van der Waals surface area contributed by atoms with E-state index in [1.165, 1.54) is 0 Å². The molecule has 5 nitrogen and oxygen atoms in total. The van der Waals surface area contributed by atoms with Crippen LogP contribution in [0.25, 0.3) is 11.4 Å². The van der Waals surface area contributed by atoms with Gasteiger partial charge in [0.1, 0.15) is 11.6 Å². The lowest BCUT2D eigenvalue weighted by atomic mass is 10.2. The number of aromatic nitrogens is 2. The van der Waals surface area contributed by atoms with Crippen LogP contribution in [-0.4, -0.2) is 48.1 Å². The van der Waals surface area contributed by atoms with E-state index in [1.807, 2.05) is 36.4 Å². The minimum atomic E-state index is 0.521. The van der Waals surface area contributed by atoms with Gasteiger partial charge in [-0.05, 0) is 7.05 Å². The van der Waals surface area contributed by atoms with Gasteiger partial charge in [0.05, 0.1) is 0 Å². The van der Waals surface area contributed by atoms with Gasteiger partial charge in [-0.1, -0.05) is 30.3 Å². The zero-order valence-corrected chi connectivity index (χ0v) is 11.7. The Bertz CT molecular complexity index is 576. The van der Waals surface area contributed by atoms with Crippen LogP contribution in [-0.2, 0) is 0 Å². The standard InChI is InChI=1S/C15H19N5/c1-19-7-9-20(10-8-19)14-11-13(16)17-15(18-14)12-5-3-2-4-6-12/h2-6,11H,7-10H2,1H3,(H2,16,17,18). The maximum atomic E-state index is 5.94. The first-order valence-corrected chi connectivity index (χ1v) is 6.86. The van der Waals surface area contributed by atoms with E-state index in [2.05, 4.69) is 26.8 Å². The SMILES string of the molecule is CN1CCN(c2cc(N)nc(-c3ccccc3)n2)CC1. The topological polar surface area (TPSA) is 58.3 Å². The van der Waals surface area contributed by atoms with Crippen LogP contribution in [0.15, 0.2) is 36.4 Å². The number of nitrogens with two attached hydrogens (primary N) is 1.